The summed E-state index contributed by atoms with van der Waals surface area (Å²) in [6, 6.07) is 0. The van der Waals surface area contributed by atoms with E-state index in [0.29, 0.717) is 0 Å². The van der Waals surface area contributed by atoms with Crippen molar-refractivity contribution in [2.24, 2.45) is 0 Å². The molecular formula is C12H28P. The molecule has 0 nitrogen and oxygen atoms in total. The van der Waals surface area contributed by atoms with Crippen molar-refractivity contribution in [2.45, 2.75) is 53.4 Å². The fraction of sp³-hybridized carbons (Fsp3) is 1.00. The van der Waals surface area contributed by atoms with Crippen LogP contribution in [0.1, 0.15) is 53.4 Å². The number of hydrogen-bond acceptors (Lipinski definition) is 0. The maximum atomic E-state index is 2.40. The van der Waals surface area contributed by atoms with Gasteiger partial charge in [0.15, 0.2) is 0 Å². The molecule has 0 aliphatic carbocycles. The Morgan fingerprint density at radius 3 is 1.62 bits per heavy atom. The van der Waals surface area contributed by atoms with E-state index in [0.717, 1.165) is 0 Å². The summed E-state index contributed by atoms with van der Waals surface area (Å²) in [6.45, 7) is 9.50. The van der Waals surface area contributed by atoms with Crippen LogP contribution in [0.3, 0.4) is 0 Å². The maximum absolute atomic E-state index is 2.40. The molecule has 0 aromatic heterocycles. The molecule has 81 valence electrons. The average molecular weight is 203 g/mol. The molecular weight excluding hydrogens is 175 g/mol. The highest BCUT2D eigenvalue weighted by Crippen LogP contribution is 2.58. The second kappa shape index (κ2) is 7.80. The normalized spacial score (nSPS) is 12.0. The van der Waals surface area contributed by atoms with Crippen molar-refractivity contribution >= 4 is 7.26 Å². The minimum absolute atomic E-state index is 0.479. The molecule has 0 aromatic carbocycles. The van der Waals surface area contributed by atoms with Crippen LogP contribution in [0, 0.1) is 0 Å². The van der Waals surface area contributed by atoms with Gasteiger partial charge in [0, 0.05) is 0 Å². The minimum atomic E-state index is -0.479. The Morgan fingerprint density at radius 2 is 1.23 bits per heavy atom. The zero-order chi connectivity index (χ0) is 10.2. The molecule has 0 saturated carbocycles. The lowest BCUT2D eigenvalue weighted by Crippen LogP contribution is -2.07. The summed E-state index contributed by atoms with van der Waals surface area (Å²) in [5, 5.41) is 0. The van der Waals surface area contributed by atoms with E-state index >= 15 is 0 Å². The Bertz CT molecular complexity index is 97.4. The van der Waals surface area contributed by atoms with Gasteiger partial charge in [-0.25, -0.2) is 0 Å². The molecule has 0 aromatic rings. The van der Waals surface area contributed by atoms with Crippen molar-refractivity contribution in [2.75, 3.05) is 24.6 Å². The fourth-order valence-corrected chi connectivity index (χ4v) is 5.20. The second-order valence-corrected chi connectivity index (χ2v) is 9.10. The molecule has 0 fully saturated rings. The average Bonchev–Trinajstić information content (AvgIpc) is 2.20. The first-order valence-electron chi connectivity index (χ1n) is 6.09. The molecule has 0 rings (SSSR count). The van der Waals surface area contributed by atoms with Gasteiger partial charge in [-0.3, -0.25) is 0 Å². The lowest BCUT2D eigenvalue weighted by molar-refractivity contribution is 0.703. The smallest absolute Gasteiger partial charge is 0.0359 e. The van der Waals surface area contributed by atoms with Gasteiger partial charge in [0.2, 0.25) is 0 Å². The van der Waals surface area contributed by atoms with Crippen LogP contribution in [0.2, 0.25) is 0 Å². The Morgan fingerprint density at radius 1 is 0.692 bits per heavy atom. The lowest BCUT2D eigenvalue weighted by atomic mass is 10.2. The molecule has 0 amide bonds. The first-order chi connectivity index (χ1) is 6.24. The Labute approximate surface area is 85.8 Å². The third-order valence-corrected chi connectivity index (χ3v) is 8.79. The van der Waals surface area contributed by atoms with Crippen LogP contribution in [-0.2, 0) is 0 Å². The molecule has 0 heterocycles. The number of rotatable bonds is 8. The SMILES string of the molecule is CCCCCC[P](CC)(CC)CC. The minimum Gasteiger partial charge on any atom is -0.126 e. The van der Waals surface area contributed by atoms with Gasteiger partial charge in [0.25, 0.3) is 0 Å². The summed E-state index contributed by atoms with van der Waals surface area (Å²) in [5.41, 5.74) is 0. The van der Waals surface area contributed by atoms with Gasteiger partial charge in [-0.2, -0.15) is 0 Å². The quantitative estimate of drug-likeness (QED) is 0.398. The van der Waals surface area contributed by atoms with Crippen LogP contribution in [0.5, 0.6) is 0 Å². The van der Waals surface area contributed by atoms with Gasteiger partial charge in [0.1, 0.15) is 0 Å². The highest BCUT2D eigenvalue weighted by Gasteiger charge is 2.19. The van der Waals surface area contributed by atoms with Crippen LogP contribution in [0.4, 0.5) is 0 Å². The maximum Gasteiger partial charge on any atom is -0.0359 e. The highest BCUT2D eigenvalue weighted by atomic mass is 31.2. The van der Waals surface area contributed by atoms with E-state index in [1.807, 2.05) is 0 Å². The van der Waals surface area contributed by atoms with E-state index in [1.165, 1.54) is 44.2 Å². The largest absolute Gasteiger partial charge is 0.126 e. The van der Waals surface area contributed by atoms with Crippen molar-refractivity contribution < 1.29 is 0 Å². The molecule has 1 heteroatoms. The van der Waals surface area contributed by atoms with Crippen molar-refractivity contribution in [1.82, 2.24) is 0 Å². The van der Waals surface area contributed by atoms with Gasteiger partial charge in [-0.05, 0) is 31.1 Å². The van der Waals surface area contributed by atoms with E-state index in [-0.39, 0.29) is 0 Å². The first kappa shape index (κ1) is 13.4. The second-order valence-electron chi connectivity index (χ2n) is 4.07. The zero-order valence-electron chi connectivity index (χ0n) is 10.1. The third kappa shape index (κ3) is 5.01. The van der Waals surface area contributed by atoms with E-state index < -0.39 is 7.26 Å². The molecule has 13 heavy (non-hydrogen) atoms. The molecule has 1 radical (unpaired) electrons. The molecule has 0 aliphatic heterocycles. The monoisotopic (exact) mass is 203 g/mol. The summed E-state index contributed by atoms with van der Waals surface area (Å²) in [4.78, 5) is 0. The molecule has 0 N–H and O–H groups in total. The summed E-state index contributed by atoms with van der Waals surface area (Å²) in [6.07, 6.45) is 11.8. The third-order valence-electron chi connectivity index (χ3n) is 3.50. The van der Waals surface area contributed by atoms with E-state index in [2.05, 4.69) is 27.7 Å². The molecule has 0 atom stereocenters. The van der Waals surface area contributed by atoms with Crippen LogP contribution in [-0.4, -0.2) is 24.6 Å². The van der Waals surface area contributed by atoms with Gasteiger partial charge >= 0.3 is 0 Å². The zero-order valence-corrected chi connectivity index (χ0v) is 11.0. The van der Waals surface area contributed by atoms with E-state index in [4.69, 9.17) is 0 Å². The van der Waals surface area contributed by atoms with Gasteiger partial charge in [-0.1, -0.05) is 47.0 Å². The standard InChI is InChI=1S/C12H28P/c1-5-9-10-11-12-13(6-2,7-3)8-4/h5-12H2,1-4H3. The molecule has 0 spiro atoms. The predicted molar refractivity (Wildman–Crippen MR) is 67.6 cm³/mol. The Balaban J connectivity index is 3.68. The highest BCUT2D eigenvalue weighted by molar-refractivity contribution is 7.75. The summed E-state index contributed by atoms with van der Waals surface area (Å²) < 4.78 is 0. The molecule has 0 saturated heterocycles. The Kier molecular flexibility index (Phi) is 8.06. The van der Waals surface area contributed by atoms with E-state index in [1.54, 1.807) is 6.16 Å². The summed E-state index contributed by atoms with van der Waals surface area (Å²) >= 11 is 0. The lowest BCUT2D eigenvalue weighted by Gasteiger charge is -2.33. The van der Waals surface area contributed by atoms with Crippen molar-refractivity contribution in [3.05, 3.63) is 0 Å². The van der Waals surface area contributed by atoms with E-state index in [9.17, 15) is 0 Å². The van der Waals surface area contributed by atoms with Gasteiger partial charge in [-0.15, -0.1) is 7.26 Å². The van der Waals surface area contributed by atoms with Crippen LogP contribution in [0.15, 0.2) is 0 Å². The fourth-order valence-electron chi connectivity index (χ4n) is 2.02. The first-order valence-corrected chi connectivity index (χ1v) is 8.62. The van der Waals surface area contributed by atoms with Crippen molar-refractivity contribution in [3.8, 4) is 0 Å². The molecule has 0 aliphatic rings. The van der Waals surface area contributed by atoms with Crippen molar-refractivity contribution in [1.29, 1.82) is 0 Å². The molecule has 0 bridgehead atoms. The van der Waals surface area contributed by atoms with Gasteiger partial charge < -0.3 is 0 Å². The summed E-state index contributed by atoms with van der Waals surface area (Å²) in [5.74, 6) is 0. The number of hydrogen-bond donors (Lipinski definition) is 0. The number of unbranched alkanes of at least 4 members (excludes halogenated alkanes) is 3. The molecule has 0 unspecified atom stereocenters. The van der Waals surface area contributed by atoms with Crippen LogP contribution < -0.4 is 0 Å². The summed E-state index contributed by atoms with van der Waals surface area (Å²) in [7, 11) is -0.479. The van der Waals surface area contributed by atoms with Crippen LogP contribution in [0.25, 0.3) is 0 Å². The van der Waals surface area contributed by atoms with Crippen LogP contribution >= 0.6 is 7.26 Å². The van der Waals surface area contributed by atoms with Crippen molar-refractivity contribution in [3.63, 3.8) is 0 Å². The predicted octanol–water partition coefficient (Wildman–Crippen LogP) is 4.64. The van der Waals surface area contributed by atoms with Gasteiger partial charge in [0.05, 0.1) is 0 Å². The topological polar surface area (TPSA) is 0 Å². The Hall–Kier alpha value is 0.430.